The number of nitrogens with zero attached hydrogens (tertiary/aromatic N) is 3. The van der Waals surface area contributed by atoms with E-state index in [-0.39, 0.29) is 24.1 Å². The molecule has 0 unspecified atom stereocenters. The lowest BCUT2D eigenvalue weighted by molar-refractivity contribution is -0.124. The molecule has 0 fully saturated rings. The molecule has 130 valence electrons. The number of imidazole rings is 1. The van der Waals surface area contributed by atoms with Gasteiger partial charge in [0.15, 0.2) is 0 Å². The molecule has 0 spiro atoms. The smallest absolute Gasteiger partial charge is 0.250 e. The van der Waals surface area contributed by atoms with Gasteiger partial charge < -0.3 is 14.9 Å². The van der Waals surface area contributed by atoms with Gasteiger partial charge >= 0.3 is 0 Å². The van der Waals surface area contributed by atoms with Gasteiger partial charge in [0, 0.05) is 12.5 Å². The number of benzene rings is 1. The van der Waals surface area contributed by atoms with Crippen LogP contribution in [0.25, 0.3) is 11.0 Å². The molecule has 2 aromatic heterocycles. The van der Waals surface area contributed by atoms with Gasteiger partial charge in [0.2, 0.25) is 5.91 Å². The van der Waals surface area contributed by atoms with Crippen molar-refractivity contribution in [3.8, 4) is 0 Å². The Balaban J connectivity index is 1.87. The predicted octanol–water partition coefficient (Wildman–Crippen LogP) is 1.95. The fourth-order valence-electron chi connectivity index (χ4n) is 2.98. The molecule has 0 radical (unpaired) electrons. The number of H-pyrrole nitrogens is 1. The first-order valence-corrected chi connectivity index (χ1v) is 8.41. The molecular weight excluding hydrogens is 318 g/mol. The Morgan fingerprint density at radius 2 is 2.12 bits per heavy atom. The Morgan fingerprint density at radius 3 is 2.84 bits per heavy atom. The maximum absolute atomic E-state index is 12.8. The van der Waals surface area contributed by atoms with Crippen molar-refractivity contribution in [2.24, 2.45) is 0 Å². The van der Waals surface area contributed by atoms with Gasteiger partial charge in [-0.1, -0.05) is 26.0 Å². The van der Waals surface area contributed by atoms with Gasteiger partial charge in [-0.3, -0.25) is 9.59 Å². The molecule has 3 aromatic rings. The van der Waals surface area contributed by atoms with Crippen LogP contribution in [-0.4, -0.2) is 25.4 Å². The minimum atomic E-state index is -0.357. The van der Waals surface area contributed by atoms with Crippen molar-refractivity contribution in [2.45, 2.75) is 39.3 Å². The lowest BCUT2D eigenvalue weighted by Crippen LogP contribution is -2.33. The number of aryl methyl sites for hydroxylation is 1. The second-order valence-electron chi connectivity index (χ2n) is 5.78. The predicted molar refractivity (Wildman–Crippen MR) is 95.1 cm³/mol. The van der Waals surface area contributed by atoms with Crippen LogP contribution in [0, 0.1) is 0 Å². The SMILES string of the molecule is CCc1nc2ccccc2n1[C@@H](CC)C(=O)NCc1cc(=O)[nH]cn1. The Labute approximate surface area is 145 Å². The molecule has 0 aliphatic carbocycles. The number of fused-ring (bicyclic) bond motifs is 1. The molecule has 1 amide bonds. The van der Waals surface area contributed by atoms with Crippen molar-refractivity contribution in [3.05, 3.63) is 58.5 Å². The number of para-hydroxylation sites is 2. The molecule has 0 saturated heterocycles. The first-order chi connectivity index (χ1) is 12.1. The number of hydrogen-bond donors (Lipinski definition) is 2. The highest BCUT2D eigenvalue weighted by molar-refractivity contribution is 5.84. The number of carbonyl (C=O) groups is 1. The van der Waals surface area contributed by atoms with Crippen molar-refractivity contribution in [2.75, 3.05) is 0 Å². The van der Waals surface area contributed by atoms with Crippen molar-refractivity contribution < 1.29 is 4.79 Å². The second-order valence-corrected chi connectivity index (χ2v) is 5.78. The molecule has 25 heavy (non-hydrogen) atoms. The standard InChI is InChI=1S/C18H21N5O2/c1-3-14(18(25)19-10-12-9-17(24)21-11-20-12)23-15-8-6-5-7-13(15)22-16(23)4-2/h5-9,11,14H,3-4,10H2,1-2H3,(H,19,25)(H,20,21,24)/t14-/m0/s1. The zero-order valence-electron chi connectivity index (χ0n) is 14.3. The maximum Gasteiger partial charge on any atom is 0.250 e. The van der Waals surface area contributed by atoms with Crippen LogP contribution in [0.3, 0.4) is 0 Å². The summed E-state index contributed by atoms with van der Waals surface area (Å²) < 4.78 is 2.01. The molecular formula is C18H21N5O2. The van der Waals surface area contributed by atoms with Gasteiger partial charge in [-0.05, 0) is 18.6 Å². The summed E-state index contributed by atoms with van der Waals surface area (Å²) in [6.07, 6.45) is 2.72. The molecule has 0 aliphatic rings. The van der Waals surface area contributed by atoms with E-state index in [2.05, 4.69) is 20.3 Å². The number of rotatable bonds is 6. The van der Waals surface area contributed by atoms with Gasteiger partial charge in [-0.15, -0.1) is 0 Å². The second kappa shape index (κ2) is 7.29. The molecule has 1 atom stereocenters. The first-order valence-electron chi connectivity index (χ1n) is 8.41. The molecule has 2 N–H and O–H groups in total. The minimum Gasteiger partial charge on any atom is -0.349 e. The lowest BCUT2D eigenvalue weighted by Gasteiger charge is -2.19. The number of amides is 1. The van der Waals surface area contributed by atoms with Crippen LogP contribution in [-0.2, 0) is 17.8 Å². The van der Waals surface area contributed by atoms with E-state index in [9.17, 15) is 9.59 Å². The average Bonchev–Trinajstić information content (AvgIpc) is 2.99. The zero-order chi connectivity index (χ0) is 17.8. The van der Waals surface area contributed by atoms with Crippen LogP contribution in [0.4, 0.5) is 0 Å². The van der Waals surface area contributed by atoms with E-state index in [1.54, 1.807) is 0 Å². The van der Waals surface area contributed by atoms with E-state index < -0.39 is 0 Å². The Morgan fingerprint density at radius 1 is 1.32 bits per heavy atom. The monoisotopic (exact) mass is 339 g/mol. The van der Waals surface area contributed by atoms with Crippen molar-refractivity contribution in [1.82, 2.24) is 24.8 Å². The van der Waals surface area contributed by atoms with E-state index in [1.165, 1.54) is 12.4 Å². The molecule has 7 nitrogen and oxygen atoms in total. The summed E-state index contributed by atoms with van der Waals surface area (Å²) in [5.74, 6) is 0.778. The van der Waals surface area contributed by atoms with Crippen LogP contribution in [0.5, 0.6) is 0 Å². The van der Waals surface area contributed by atoms with Crippen LogP contribution >= 0.6 is 0 Å². The normalized spacial score (nSPS) is 12.2. The minimum absolute atomic E-state index is 0.109. The van der Waals surface area contributed by atoms with Gasteiger partial charge in [0.1, 0.15) is 11.9 Å². The van der Waals surface area contributed by atoms with E-state index in [0.29, 0.717) is 12.1 Å². The number of nitrogens with one attached hydrogen (secondary N) is 2. The summed E-state index contributed by atoms with van der Waals surface area (Å²) in [6.45, 7) is 4.22. The van der Waals surface area contributed by atoms with Crippen LogP contribution in [0.1, 0.15) is 37.8 Å². The number of hydrogen-bond acceptors (Lipinski definition) is 4. The zero-order valence-corrected chi connectivity index (χ0v) is 14.3. The molecule has 0 aliphatic heterocycles. The lowest BCUT2D eigenvalue weighted by atomic mass is 10.1. The number of carbonyl (C=O) groups excluding carboxylic acids is 1. The number of aromatic nitrogens is 4. The van der Waals surface area contributed by atoms with Crippen molar-refractivity contribution in [1.29, 1.82) is 0 Å². The van der Waals surface area contributed by atoms with Crippen molar-refractivity contribution >= 4 is 16.9 Å². The molecule has 3 rings (SSSR count). The molecule has 7 heteroatoms. The number of aromatic amines is 1. The van der Waals surface area contributed by atoms with Crippen molar-refractivity contribution in [3.63, 3.8) is 0 Å². The van der Waals surface area contributed by atoms with Gasteiger partial charge in [-0.2, -0.15) is 0 Å². The third-order valence-corrected chi connectivity index (χ3v) is 4.16. The summed E-state index contributed by atoms with van der Waals surface area (Å²) in [4.78, 5) is 35.2. The van der Waals surface area contributed by atoms with Gasteiger partial charge in [0.05, 0.1) is 29.6 Å². The fourth-order valence-corrected chi connectivity index (χ4v) is 2.98. The van der Waals surface area contributed by atoms with E-state index in [4.69, 9.17) is 0 Å². The van der Waals surface area contributed by atoms with E-state index in [0.717, 1.165) is 23.3 Å². The van der Waals surface area contributed by atoms with E-state index >= 15 is 0 Å². The highest BCUT2D eigenvalue weighted by Gasteiger charge is 2.23. The Bertz CT molecular complexity index is 944. The van der Waals surface area contributed by atoms with Gasteiger partial charge in [0.25, 0.3) is 5.56 Å². The maximum atomic E-state index is 12.8. The molecule has 0 saturated carbocycles. The summed E-state index contributed by atoms with van der Waals surface area (Å²) in [5, 5.41) is 2.88. The fraction of sp³-hybridized carbons (Fsp3) is 0.333. The summed E-state index contributed by atoms with van der Waals surface area (Å²) >= 11 is 0. The Hall–Kier alpha value is -2.96. The first kappa shape index (κ1) is 16.9. The average molecular weight is 339 g/mol. The highest BCUT2D eigenvalue weighted by atomic mass is 16.2. The van der Waals surface area contributed by atoms with Crippen LogP contribution in [0.2, 0.25) is 0 Å². The van der Waals surface area contributed by atoms with Crippen LogP contribution < -0.4 is 10.9 Å². The molecule has 0 bridgehead atoms. The Kier molecular flexibility index (Phi) is 4.92. The summed E-state index contributed by atoms with van der Waals surface area (Å²) in [6, 6.07) is 8.85. The van der Waals surface area contributed by atoms with E-state index in [1.807, 2.05) is 42.7 Å². The molecule has 1 aromatic carbocycles. The topological polar surface area (TPSA) is 92.7 Å². The van der Waals surface area contributed by atoms with Crippen LogP contribution in [0.15, 0.2) is 41.5 Å². The quantitative estimate of drug-likeness (QED) is 0.718. The van der Waals surface area contributed by atoms with Gasteiger partial charge in [-0.25, -0.2) is 9.97 Å². The third-order valence-electron chi connectivity index (χ3n) is 4.16. The summed E-state index contributed by atoms with van der Waals surface area (Å²) in [5.41, 5.74) is 2.14. The largest absolute Gasteiger partial charge is 0.349 e. The highest BCUT2D eigenvalue weighted by Crippen LogP contribution is 2.24. The molecule has 2 heterocycles. The summed E-state index contributed by atoms with van der Waals surface area (Å²) in [7, 11) is 0. The third kappa shape index (κ3) is 3.45.